The van der Waals surface area contributed by atoms with E-state index >= 15 is 0 Å². The van der Waals surface area contributed by atoms with Crippen molar-refractivity contribution in [3.05, 3.63) is 56.5 Å². The molecule has 0 aliphatic heterocycles. The van der Waals surface area contributed by atoms with Crippen LogP contribution in [0.1, 0.15) is 46.6 Å². The Morgan fingerprint density at radius 3 is 2.31 bits per heavy atom. The zero-order chi connectivity index (χ0) is 26.1. The first-order chi connectivity index (χ1) is 16.5. The number of carbonyl (C=O) groups is 2. The molecule has 2 aromatic rings. The molecule has 2 N–H and O–H groups in total. The lowest BCUT2D eigenvalue weighted by Gasteiger charge is -2.22. The average Bonchev–Trinajstić information content (AvgIpc) is 2.76. The number of hydrogen-bond acceptors (Lipinski definition) is 5. The number of carbonyl (C=O) groups excluding carboxylic acids is 2. The van der Waals surface area contributed by atoms with Crippen molar-refractivity contribution in [2.45, 2.75) is 59.3 Å². The highest BCUT2D eigenvalue weighted by molar-refractivity contribution is 9.10. The number of halogens is 3. The van der Waals surface area contributed by atoms with Crippen molar-refractivity contribution in [3.63, 3.8) is 0 Å². The van der Waals surface area contributed by atoms with E-state index in [0.717, 1.165) is 4.47 Å². The minimum Gasteiger partial charge on any atom is -0.490 e. The highest BCUT2D eigenvalue weighted by atomic mass is 79.9. The number of nitrogens with one attached hydrogen (secondary N) is 2. The maximum absolute atomic E-state index is 12.8. The van der Waals surface area contributed by atoms with Crippen molar-refractivity contribution in [1.29, 1.82) is 0 Å². The van der Waals surface area contributed by atoms with Crippen molar-refractivity contribution in [2.24, 2.45) is 11.0 Å². The molecule has 0 saturated carbocycles. The van der Waals surface area contributed by atoms with Crippen molar-refractivity contribution in [1.82, 2.24) is 10.7 Å². The molecular weight excluding hydrogens is 557 g/mol. The zero-order valence-corrected chi connectivity index (χ0v) is 23.4. The summed E-state index contributed by atoms with van der Waals surface area (Å²) in [4.78, 5) is 25.6. The van der Waals surface area contributed by atoms with Crippen molar-refractivity contribution in [2.75, 3.05) is 0 Å². The molecular formula is C25H30BrCl2N3O4. The van der Waals surface area contributed by atoms with Gasteiger partial charge < -0.3 is 14.8 Å². The summed E-state index contributed by atoms with van der Waals surface area (Å²) in [6, 6.07) is 9.44. The van der Waals surface area contributed by atoms with Crippen LogP contribution in [0, 0.1) is 5.92 Å². The largest absolute Gasteiger partial charge is 0.490 e. The molecule has 7 nitrogen and oxygen atoms in total. The first-order valence-corrected chi connectivity index (χ1v) is 12.7. The highest BCUT2D eigenvalue weighted by Crippen LogP contribution is 2.28. The summed E-state index contributed by atoms with van der Waals surface area (Å²) < 4.78 is 12.3. The summed E-state index contributed by atoms with van der Waals surface area (Å²) in [5.41, 5.74) is 3.21. The van der Waals surface area contributed by atoms with Crippen LogP contribution in [0.3, 0.4) is 0 Å². The SMILES string of the molecule is CC(C)C[C@@H](NC(=O)[C@@H](C)Oc1ccc(Cl)cc1Cl)C(=O)N/N=C\c1cc(Br)ccc1OC(C)C. The van der Waals surface area contributed by atoms with Gasteiger partial charge in [0.25, 0.3) is 11.8 Å². The van der Waals surface area contributed by atoms with E-state index in [-0.39, 0.29) is 17.0 Å². The number of ether oxygens (including phenoxy) is 2. The third-order valence-corrected chi connectivity index (χ3v) is 5.64. The lowest BCUT2D eigenvalue weighted by molar-refractivity contribution is -0.132. The lowest BCUT2D eigenvalue weighted by Crippen LogP contribution is -2.49. The lowest BCUT2D eigenvalue weighted by atomic mass is 10.0. The van der Waals surface area contributed by atoms with Gasteiger partial charge >= 0.3 is 0 Å². The van der Waals surface area contributed by atoms with Gasteiger partial charge in [-0.25, -0.2) is 5.43 Å². The minimum atomic E-state index is -0.892. The number of nitrogens with zero attached hydrogens (tertiary/aromatic N) is 1. The molecule has 2 aromatic carbocycles. The molecule has 0 radical (unpaired) electrons. The Morgan fingerprint density at radius 2 is 1.69 bits per heavy atom. The van der Waals surface area contributed by atoms with Crippen molar-refractivity contribution in [3.8, 4) is 11.5 Å². The normalized spacial score (nSPS) is 13.1. The number of benzene rings is 2. The maximum atomic E-state index is 12.8. The van der Waals surface area contributed by atoms with Crippen LogP contribution in [0.5, 0.6) is 11.5 Å². The van der Waals surface area contributed by atoms with Gasteiger partial charge in [0.1, 0.15) is 17.5 Å². The summed E-state index contributed by atoms with van der Waals surface area (Å²) >= 11 is 15.5. The van der Waals surface area contributed by atoms with Gasteiger partial charge in [-0.2, -0.15) is 5.10 Å². The topological polar surface area (TPSA) is 89.0 Å². The van der Waals surface area contributed by atoms with Crippen LogP contribution < -0.4 is 20.2 Å². The Hall–Kier alpha value is -2.29. The van der Waals surface area contributed by atoms with Crippen molar-refractivity contribution < 1.29 is 19.1 Å². The third-order valence-electron chi connectivity index (χ3n) is 4.62. The molecule has 0 aromatic heterocycles. The molecule has 2 amide bonds. The number of hydrazone groups is 1. The smallest absolute Gasteiger partial charge is 0.262 e. The van der Waals surface area contributed by atoms with Crippen LogP contribution in [0.25, 0.3) is 0 Å². The molecule has 0 aliphatic rings. The van der Waals surface area contributed by atoms with Crippen LogP contribution in [-0.4, -0.2) is 36.3 Å². The molecule has 0 aliphatic carbocycles. The van der Waals surface area contributed by atoms with Gasteiger partial charge in [-0.15, -0.1) is 0 Å². The predicted molar refractivity (Wildman–Crippen MR) is 144 cm³/mol. The number of amides is 2. The van der Waals surface area contributed by atoms with Crippen LogP contribution >= 0.6 is 39.1 Å². The first kappa shape index (κ1) is 28.9. The molecule has 10 heteroatoms. The second-order valence-corrected chi connectivity index (χ2v) is 10.4. The molecule has 2 rings (SSSR count). The summed E-state index contributed by atoms with van der Waals surface area (Å²) in [6.45, 7) is 9.34. The van der Waals surface area contributed by atoms with E-state index in [0.29, 0.717) is 28.5 Å². The predicted octanol–water partition coefficient (Wildman–Crippen LogP) is 5.99. The fourth-order valence-corrected chi connectivity index (χ4v) is 3.86. The molecule has 0 heterocycles. The van der Waals surface area contributed by atoms with Gasteiger partial charge in [0.15, 0.2) is 6.10 Å². The van der Waals surface area contributed by atoms with Gasteiger partial charge in [-0.05, 0) is 69.5 Å². The average molecular weight is 587 g/mol. The standard InChI is InChI=1S/C25H30BrCl2N3O4/c1-14(2)10-21(30-24(32)16(5)35-23-9-7-19(27)12-20(23)28)25(33)31-29-13-17-11-18(26)6-8-22(17)34-15(3)4/h6-9,11-16,21H,10H2,1-5H3,(H,30,32)(H,31,33)/b29-13-/t16-,21-/m1/s1. The molecule has 0 spiro atoms. The van der Waals surface area contributed by atoms with Crippen LogP contribution in [-0.2, 0) is 9.59 Å². The van der Waals surface area contributed by atoms with E-state index < -0.39 is 24.0 Å². The Labute approximate surface area is 224 Å². The van der Waals surface area contributed by atoms with Gasteiger partial charge in [-0.3, -0.25) is 9.59 Å². The maximum Gasteiger partial charge on any atom is 0.262 e. The summed E-state index contributed by atoms with van der Waals surface area (Å²) in [5, 5.41) is 7.57. The Kier molecular flexibility index (Phi) is 11.3. The summed E-state index contributed by atoms with van der Waals surface area (Å²) in [5.74, 6) is 0.205. The van der Waals surface area contributed by atoms with E-state index in [1.54, 1.807) is 19.1 Å². The second kappa shape index (κ2) is 13.7. The Bertz CT molecular complexity index is 1060. The number of rotatable bonds is 11. The van der Waals surface area contributed by atoms with Crippen LogP contribution in [0.2, 0.25) is 10.0 Å². The van der Waals surface area contributed by atoms with E-state index in [9.17, 15) is 9.59 Å². The fraction of sp³-hybridized carbons (Fsp3) is 0.400. The summed E-state index contributed by atoms with van der Waals surface area (Å²) in [6.07, 6.45) is 1.01. The minimum absolute atomic E-state index is 0.0180. The zero-order valence-electron chi connectivity index (χ0n) is 20.3. The Morgan fingerprint density at radius 1 is 1.00 bits per heavy atom. The van der Waals surface area contributed by atoms with E-state index in [2.05, 4.69) is 31.8 Å². The van der Waals surface area contributed by atoms with Crippen molar-refractivity contribution >= 4 is 57.2 Å². The number of hydrogen-bond donors (Lipinski definition) is 2. The molecule has 35 heavy (non-hydrogen) atoms. The fourth-order valence-electron chi connectivity index (χ4n) is 3.03. The summed E-state index contributed by atoms with van der Waals surface area (Å²) in [7, 11) is 0. The molecule has 0 saturated heterocycles. The molecule has 2 atom stereocenters. The van der Waals surface area contributed by atoms with E-state index in [1.165, 1.54) is 12.3 Å². The van der Waals surface area contributed by atoms with E-state index in [1.807, 2.05) is 45.9 Å². The van der Waals surface area contributed by atoms with Gasteiger partial charge in [0.2, 0.25) is 0 Å². The molecule has 190 valence electrons. The van der Waals surface area contributed by atoms with Gasteiger partial charge in [0, 0.05) is 15.1 Å². The van der Waals surface area contributed by atoms with Gasteiger partial charge in [-0.1, -0.05) is 53.0 Å². The quantitative estimate of drug-likeness (QED) is 0.250. The van der Waals surface area contributed by atoms with Crippen LogP contribution in [0.4, 0.5) is 0 Å². The third kappa shape index (κ3) is 9.70. The molecule has 0 unspecified atom stereocenters. The van der Waals surface area contributed by atoms with E-state index in [4.69, 9.17) is 32.7 Å². The van der Waals surface area contributed by atoms with Gasteiger partial charge in [0.05, 0.1) is 17.3 Å². The first-order valence-electron chi connectivity index (χ1n) is 11.2. The Balaban J connectivity index is 2.06. The second-order valence-electron chi connectivity index (χ2n) is 8.61. The highest BCUT2D eigenvalue weighted by Gasteiger charge is 2.25. The molecule has 0 bridgehead atoms. The van der Waals surface area contributed by atoms with Crippen LogP contribution in [0.15, 0.2) is 46.0 Å². The molecule has 0 fully saturated rings. The monoisotopic (exact) mass is 585 g/mol.